The minimum Gasteiger partial charge on any atom is -0.382 e. The predicted octanol–water partition coefficient (Wildman–Crippen LogP) is 0.459. The molecule has 0 amide bonds. The fourth-order valence-corrected chi connectivity index (χ4v) is 1.08. The summed E-state index contributed by atoms with van der Waals surface area (Å²) in [5, 5.41) is 7.76. The minimum atomic E-state index is 0.561. The summed E-state index contributed by atoms with van der Waals surface area (Å²) in [7, 11) is 1.76. The van der Waals surface area contributed by atoms with E-state index in [1.807, 2.05) is 12.1 Å². The zero-order chi connectivity index (χ0) is 9.26. The van der Waals surface area contributed by atoms with Gasteiger partial charge in [-0.1, -0.05) is 5.21 Å². The number of rotatable bonds is 1. The Bertz CT molecular complexity index is 406. The van der Waals surface area contributed by atoms with E-state index in [0.717, 1.165) is 5.56 Å². The zero-order valence-electron chi connectivity index (χ0n) is 7.18. The van der Waals surface area contributed by atoms with Gasteiger partial charge in [-0.05, 0) is 12.1 Å². The molecule has 5 heteroatoms. The molecule has 2 aromatic heterocycles. The predicted molar refractivity (Wildman–Crippen MR) is 48.6 cm³/mol. The molecular weight excluding hydrogens is 166 g/mol. The molecule has 0 saturated heterocycles. The molecule has 0 aliphatic rings. The monoisotopic (exact) mass is 175 g/mol. The summed E-state index contributed by atoms with van der Waals surface area (Å²) in [6.45, 7) is 0. The van der Waals surface area contributed by atoms with Gasteiger partial charge < -0.3 is 5.73 Å². The average Bonchev–Trinajstić information content (AvgIpc) is 2.49. The SMILES string of the molecule is Cn1nnc(-c2ccncc2)c1N. The van der Waals surface area contributed by atoms with Crippen LogP contribution >= 0.6 is 0 Å². The van der Waals surface area contributed by atoms with Gasteiger partial charge in [0.15, 0.2) is 0 Å². The largest absolute Gasteiger partial charge is 0.382 e. The van der Waals surface area contributed by atoms with Crippen molar-refractivity contribution in [2.24, 2.45) is 7.05 Å². The highest BCUT2D eigenvalue weighted by Gasteiger charge is 2.07. The highest BCUT2D eigenvalue weighted by molar-refractivity contribution is 5.68. The van der Waals surface area contributed by atoms with Crippen LogP contribution in [0.5, 0.6) is 0 Å². The second-order valence-electron chi connectivity index (χ2n) is 2.68. The van der Waals surface area contributed by atoms with Crippen LogP contribution in [-0.2, 0) is 7.05 Å². The van der Waals surface area contributed by atoms with Crippen molar-refractivity contribution < 1.29 is 0 Å². The molecule has 0 unspecified atom stereocenters. The van der Waals surface area contributed by atoms with Crippen molar-refractivity contribution in [2.75, 3.05) is 5.73 Å². The molecule has 0 saturated carbocycles. The van der Waals surface area contributed by atoms with E-state index in [0.29, 0.717) is 11.5 Å². The second kappa shape index (κ2) is 2.85. The van der Waals surface area contributed by atoms with Crippen LogP contribution in [0.3, 0.4) is 0 Å². The molecule has 0 radical (unpaired) electrons. The molecule has 2 aromatic rings. The van der Waals surface area contributed by atoms with Crippen LogP contribution in [0.15, 0.2) is 24.5 Å². The third kappa shape index (κ3) is 1.24. The number of nitrogens with two attached hydrogens (primary N) is 1. The fourth-order valence-electron chi connectivity index (χ4n) is 1.08. The molecule has 0 bridgehead atoms. The highest BCUT2D eigenvalue weighted by atomic mass is 15.4. The van der Waals surface area contributed by atoms with Crippen molar-refractivity contribution in [3.05, 3.63) is 24.5 Å². The standard InChI is InChI=1S/C8H9N5/c1-13-8(9)7(11-12-13)6-2-4-10-5-3-6/h2-5H,9H2,1H3. The maximum absolute atomic E-state index is 5.75. The minimum absolute atomic E-state index is 0.561. The van der Waals surface area contributed by atoms with Crippen LogP contribution in [0.2, 0.25) is 0 Å². The van der Waals surface area contributed by atoms with Crippen LogP contribution in [0.25, 0.3) is 11.3 Å². The number of nitrogens with zero attached hydrogens (tertiary/aromatic N) is 4. The Balaban J connectivity index is 2.53. The van der Waals surface area contributed by atoms with Gasteiger partial charge in [0.2, 0.25) is 0 Å². The van der Waals surface area contributed by atoms with E-state index in [1.165, 1.54) is 4.68 Å². The van der Waals surface area contributed by atoms with E-state index in [1.54, 1.807) is 19.4 Å². The molecule has 0 spiro atoms. The zero-order valence-corrected chi connectivity index (χ0v) is 7.18. The molecular formula is C8H9N5. The number of anilines is 1. The molecule has 0 atom stereocenters. The maximum atomic E-state index is 5.75. The van der Waals surface area contributed by atoms with E-state index in [9.17, 15) is 0 Å². The van der Waals surface area contributed by atoms with E-state index < -0.39 is 0 Å². The van der Waals surface area contributed by atoms with Crippen LogP contribution in [0.1, 0.15) is 0 Å². The van der Waals surface area contributed by atoms with Gasteiger partial charge in [-0.3, -0.25) is 4.98 Å². The van der Waals surface area contributed by atoms with E-state index >= 15 is 0 Å². The Morgan fingerprint density at radius 3 is 2.54 bits per heavy atom. The topological polar surface area (TPSA) is 69.6 Å². The van der Waals surface area contributed by atoms with Gasteiger partial charge >= 0.3 is 0 Å². The van der Waals surface area contributed by atoms with Crippen molar-refractivity contribution in [3.63, 3.8) is 0 Å². The average molecular weight is 175 g/mol. The second-order valence-corrected chi connectivity index (χ2v) is 2.68. The van der Waals surface area contributed by atoms with E-state index in [2.05, 4.69) is 15.3 Å². The van der Waals surface area contributed by atoms with Gasteiger partial charge in [-0.25, -0.2) is 4.68 Å². The summed E-state index contributed by atoms with van der Waals surface area (Å²) in [5.41, 5.74) is 7.38. The van der Waals surface area contributed by atoms with Gasteiger partial charge in [0, 0.05) is 25.0 Å². The van der Waals surface area contributed by atoms with Crippen LogP contribution < -0.4 is 5.73 Å². The first-order valence-corrected chi connectivity index (χ1v) is 3.84. The van der Waals surface area contributed by atoms with Gasteiger partial charge in [0.25, 0.3) is 0 Å². The summed E-state index contributed by atoms with van der Waals surface area (Å²) >= 11 is 0. The third-order valence-electron chi connectivity index (χ3n) is 1.82. The molecule has 0 fully saturated rings. The Labute approximate surface area is 75.2 Å². The molecule has 0 aromatic carbocycles. The molecule has 0 aliphatic carbocycles. The first kappa shape index (κ1) is 7.72. The summed E-state index contributed by atoms with van der Waals surface area (Å²) < 4.78 is 1.54. The first-order valence-electron chi connectivity index (χ1n) is 3.84. The lowest BCUT2D eigenvalue weighted by Crippen LogP contribution is -1.97. The number of hydrogen-bond acceptors (Lipinski definition) is 4. The molecule has 66 valence electrons. The number of aromatic nitrogens is 4. The third-order valence-corrected chi connectivity index (χ3v) is 1.82. The number of nitrogen functional groups attached to an aromatic ring is 1. The first-order chi connectivity index (χ1) is 6.29. The summed E-state index contributed by atoms with van der Waals surface area (Å²) in [4.78, 5) is 3.91. The van der Waals surface area contributed by atoms with E-state index in [-0.39, 0.29) is 0 Å². The smallest absolute Gasteiger partial charge is 0.150 e. The van der Waals surface area contributed by atoms with Crippen molar-refractivity contribution in [2.45, 2.75) is 0 Å². The van der Waals surface area contributed by atoms with Crippen molar-refractivity contribution in [1.82, 2.24) is 20.0 Å². The Morgan fingerprint density at radius 1 is 1.31 bits per heavy atom. The Hall–Kier alpha value is -1.91. The van der Waals surface area contributed by atoms with Gasteiger partial charge in [-0.15, -0.1) is 5.10 Å². The summed E-state index contributed by atoms with van der Waals surface area (Å²) in [6.07, 6.45) is 3.40. The Kier molecular flexibility index (Phi) is 1.70. The van der Waals surface area contributed by atoms with Crippen molar-refractivity contribution >= 4 is 5.82 Å². The van der Waals surface area contributed by atoms with E-state index in [4.69, 9.17) is 5.73 Å². The van der Waals surface area contributed by atoms with Crippen molar-refractivity contribution in [1.29, 1.82) is 0 Å². The lowest BCUT2D eigenvalue weighted by Gasteiger charge is -1.96. The quantitative estimate of drug-likeness (QED) is 0.683. The molecule has 0 aliphatic heterocycles. The highest BCUT2D eigenvalue weighted by Crippen LogP contribution is 2.20. The summed E-state index contributed by atoms with van der Waals surface area (Å²) in [6, 6.07) is 3.70. The van der Waals surface area contributed by atoms with Crippen LogP contribution in [0, 0.1) is 0 Å². The van der Waals surface area contributed by atoms with Gasteiger partial charge in [0.05, 0.1) is 0 Å². The number of hydrogen-bond donors (Lipinski definition) is 1. The Morgan fingerprint density at radius 2 is 2.00 bits per heavy atom. The fraction of sp³-hybridized carbons (Fsp3) is 0.125. The number of pyridine rings is 1. The summed E-state index contributed by atoms with van der Waals surface area (Å²) in [5.74, 6) is 0.561. The lowest BCUT2D eigenvalue weighted by atomic mass is 10.2. The van der Waals surface area contributed by atoms with Gasteiger partial charge in [-0.2, -0.15) is 0 Å². The van der Waals surface area contributed by atoms with Crippen molar-refractivity contribution in [3.8, 4) is 11.3 Å². The molecule has 2 heterocycles. The molecule has 2 rings (SSSR count). The van der Waals surface area contributed by atoms with Crippen LogP contribution in [-0.4, -0.2) is 20.0 Å². The normalized spacial score (nSPS) is 10.2. The molecule has 2 N–H and O–H groups in total. The van der Waals surface area contributed by atoms with Gasteiger partial charge in [0.1, 0.15) is 11.5 Å². The molecule has 5 nitrogen and oxygen atoms in total. The number of aryl methyl sites for hydroxylation is 1. The van der Waals surface area contributed by atoms with Crippen LogP contribution in [0.4, 0.5) is 5.82 Å². The maximum Gasteiger partial charge on any atom is 0.150 e. The lowest BCUT2D eigenvalue weighted by molar-refractivity contribution is 0.723. The molecule has 13 heavy (non-hydrogen) atoms.